The quantitative estimate of drug-likeness (QED) is 0.784. The van der Waals surface area contributed by atoms with Gasteiger partial charge in [0.15, 0.2) is 0 Å². The Hall–Kier alpha value is -0.460. The number of carbonyl (C=O) groups excluding carboxylic acids is 2. The van der Waals surface area contributed by atoms with Crippen molar-refractivity contribution in [1.82, 2.24) is 15.5 Å². The predicted octanol–water partition coefficient (Wildman–Crippen LogP) is 0.240. The van der Waals surface area contributed by atoms with Crippen molar-refractivity contribution in [1.29, 1.82) is 0 Å². The molecule has 0 aliphatic carbocycles. The van der Waals surface area contributed by atoms with Crippen LogP contribution in [0.3, 0.4) is 0 Å². The molecule has 0 aromatic heterocycles. The minimum atomic E-state index is -0.251. The zero-order valence-electron chi connectivity index (χ0n) is 11.2. The molecule has 110 valence electrons. The molecule has 0 radical (unpaired) electrons. The zero-order chi connectivity index (χ0) is 13.0. The number of rotatable bonds is 3. The fourth-order valence-corrected chi connectivity index (χ4v) is 3.53. The normalized spacial score (nSPS) is 26.7. The van der Waals surface area contributed by atoms with Crippen molar-refractivity contribution in [3.63, 3.8) is 0 Å². The van der Waals surface area contributed by atoms with Gasteiger partial charge >= 0.3 is 0 Å². The van der Waals surface area contributed by atoms with Gasteiger partial charge < -0.3 is 15.5 Å². The van der Waals surface area contributed by atoms with Crippen molar-refractivity contribution in [3.8, 4) is 0 Å². The summed E-state index contributed by atoms with van der Waals surface area (Å²) in [5.41, 5.74) is 0. The van der Waals surface area contributed by atoms with E-state index >= 15 is 0 Å². The third-order valence-electron chi connectivity index (χ3n) is 3.54. The number of likely N-dealkylation sites (tertiary alicyclic amines) is 1. The summed E-state index contributed by atoms with van der Waals surface area (Å²) >= 11 is 1.89. The van der Waals surface area contributed by atoms with Crippen LogP contribution in [0.1, 0.15) is 19.3 Å². The summed E-state index contributed by atoms with van der Waals surface area (Å²) in [4.78, 5) is 25.7. The van der Waals surface area contributed by atoms with Gasteiger partial charge in [-0.2, -0.15) is 11.8 Å². The summed E-state index contributed by atoms with van der Waals surface area (Å²) < 4.78 is 0. The van der Waals surface area contributed by atoms with Gasteiger partial charge in [0.2, 0.25) is 11.8 Å². The van der Waals surface area contributed by atoms with Crippen LogP contribution in [0.2, 0.25) is 0 Å². The molecule has 2 N–H and O–H groups in total. The first kappa shape index (κ1) is 16.6. The minimum Gasteiger partial charge on any atom is -0.357 e. The summed E-state index contributed by atoms with van der Waals surface area (Å²) in [5, 5.41) is 6.01. The topological polar surface area (TPSA) is 61.4 Å². The first-order valence-electron chi connectivity index (χ1n) is 6.54. The van der Waals surface area contributed by atoms with Gasteiger partial charge in [0.25, 0.3) is 0 Å². The Balaban J connectivity index is 0.00000180. The van der Waals surface area contributed by atoms with Crippen LogP contribution < -0.4 is 10.6 Å². The van der Waals surface area contributed by atoms with E-state index in [1.807, 2.05) is 11.8 Å². The van der Waals surface area contributed by atoms with Crippen LogP contribution in [0.5, 0.6) is 0 Å². The maximum absolute atomic E-state index is 12.2. The van der Waals surface area contributed by atoms with E-state index in [0.717, 1.165) is 37.4 Å². The molecule has 2 saturated heterocycles. The van der Waals surface area contributed by atoms with E-state index in [9.17, 15) is 9.59 Å². The lowest BCUT2D eigenvalue weighted by Gasteiger charge is -2.27. The molecule has 2 aliphatic heterocycles. The molecule has 2 fully saturated rings. The number of nitrogens with zero attached hydrogens (tertiary/aromatic N) is 1. The van der Waals surface area contributed by atoms with E-state index in [2.05, 4.69) is 10.6 Å². The second-order valence-electron chi connectivity index (χ2n) is 4.79. The van der Waals surface area contributed by atoms with Gasteiger partial charge in [0.05, 0.1) is 0 Å². The van der Waals surface area contributed by atoms with Crippen LogP contribution in [-0.4, -0.2) is 60.4 Å². The van der Waals surface area contributed by atoms with Gasteiger partial charge in [-0.1, -0.05) is 0 Å². The molecule has 2 aliphatic rings. The Morgan fingerprint density at radius 1 is 1.47 bits per heavy atom. The third kappa shape index (κ3) is 4.26. The number of hydrogen-bond donors (Lipinski definition) is 2. The number of hydrogen-bond acceptors (Lipinski definition) is 4. The van der Waals surface area contributed by atoms with Crippen molar-refractivity contribution in [3.05, 3.63) is 0 Å². The molecule has 2 rings (SSSR count). The predicted molar refractivity (Wildman–Crippen MR) is 79.8 cm³/mol. The first-order valence-corrected chi connectivity index (χ1v) is 7.70. The Kier molecular flexibility index (Phi) is 6.96. The molecule has 0 saturated carbocycles. The van der Waals surface area contributed by atoms with Gasteiger partial charge in [0, 0.05) is 44.1 Å². The third-order valence-corrected chi connectivity index (χ3v) is 4.67. The minimum absolute atomic E-state index is 0. The van der Waals surface area contributed by atoms with Gasteiger partial charge in [-0.25, -0.2) is 0 Å². The van der Waals surface area contributed by atoms with Gasteiger partial charge in [0.1, 0.15) is 6.04 Å². The molecule has 0 bridgehead atoms. The van der Waals surface area contributed by atoms with Crippen LogP contribution in [0.15, 0.2) is 0 Å². The number of thioether (sulfide) groups is 1. The molecule has 0 aromatic carbocycles. The lowest BCUT2D eigenvalue weighted by atomic mass is 10.1. The maximum Gasteiger partial charge on any atom is 0.242 e. The summed E-state index contributed by atoms with van der Waals surface area (Å²) in [7, 11) is 1.63. The largest absolute Gasteiger partial charge is 0.357 e. The van der Waals surface area contributed by atoms with Crippen LogP contribution >= 0.6 is 24.2 Å². The van der Waals surface area contributed by atoms with E-state index in [1.54, 1.807) is 11.9 Å². The van der Waals surface area contributed by atoms with Crippen LogP contribution in [0, 0.1) is 0 Å². The highest BCUT2D eigenvalue weighted by molar-refractivity contribution is 7.99. The van der Waals surface area contributed by atoms with Crippen LogP contribution in [-0.2, 0) is 9.59 Å². The van der Waals surface area contributed by atoms with E-state index in [1.165, 1.54) is 0 Å². The maximum atomic E-state index is 12.2. The highest BCUT2D eigenvalue weighted by Crippen LogP contribution is 2.20. The van der Waals surface area contributed by atoms with Gasteiger partial charge in [-0.05, 0) is 12.8 Å². The Morgan fingerprint density at radius 3 is 2.89 bits per heavy atom. The SMILES string of the molecule is CNC(=O)C1CCCN1C(=O)CC1CSCCN1.Cl. The van der Waals surface area contributed by atoms with Crippen molar-refractivity contribution in [2.75, 3.05) is 31.6 Å². The zero-order valence-corrected chi connectivity index (χ0v) is 12.8. The molecular weight excluding hydrogens is 286 g/mol. The van der Waals surface area contributed by atoms with Gasteiger partial charge in [-0.15, -0.1) is 12.4 Å². The first-order chi connectivity index (χ1) is 8.72. The second kappa shape index (κ2) is 7.97. The van der Waals surface area contributed by atoms with E-state index in [4.69, 9.17) is 0 Å². The van der Waals surface area contributed by atoms with Crippen LogP contribution in [0.25, 0.3) is 0 Å². The molecule has 5 nitrogen and oxygen atoms in total. The molecular formula is C12H22ClN3O2S. The smallest absolute Gasteiger partial charge is 0.242 e. The highest BCUT2D eigenvalue weighted by Gasteiger charge is 2.34. The Labute approximate surface area is 124 Å². The number of likely N-dealkylation sites (N-methyl/N-ethyl adjacent to an activating group) is 1. The van der Waals surface area contributed by atoms with Crippen molar-refractivity contribution in [2.45, 2.75) is 31.3 Å². The number of nitrogens with one attached hydrogen (secondary N) is 2. The Morgan fingerprint density at radius 2 is 2.26 bits per heavy atom. The van der Waals surface area contributed by atoms with Crippen molar-refractivity contribution >= 4 is 36.0 Å². The lowest BCUT2D eigenvalue weighted by molar-refractivity contribution is -0.138. The summed E-state index contributed by atoms with van der Waals surface area (Å²) in [5.74, 6) is 2.19. The lowest BCUT2D eigenvalue weighted by Crippen LogP contribution is -2.48. The van der Waals surface area contributed by atoms with Crippen molar-refractivity contribution < 1.29 is 9.59 Å². The Bertz CT molecular complexity index is 324. The van der Waals surface area contributed by atoms with Crippen molar-refractivity contribution in [2.24, 2.45) is 0 Å². The molecule has 2 atom stereocenters. The van der Waals surface area contributed by atoms with E-state index in [0.29, 0.717) is 6.42 Å². The average Bonchev–Trinajstić information content (AvgIpc) is 2.88. The molecule has 0 aromatic rings. The summed E-state index contributed by atoms with van der Waals surface area (Å²) in [6, 6.07) is 0.0148. The summed E-state index contributed by atoms with van der Waals surface area (Å²) in [6.45, 7) is 1.69. The molecule has 7 heteroatoms. The van der Waals surface area contributed by atoms with E-state index in [-0.39, 0.29) is 36.3 Å². The van der Waals surface area contributed by atoms with Gasteiger partial charge in [-0.3, -0.25) is 9.59 Å². The molecule has 2 amide bonds. The average molecular weight is 308 g/mol. The fraction of sp³-hybridized carbons (Fsp3) is 0.833. The molecule has 0 spiro atoms. The summed E-state index contributed by atoms with van der Waals surface area (Å²) in [6.07, 6.45) is 2.23. The monoisotopic (exact) mass is 307 g/mol. The number of carbonyl (C=O) groups is 2. The molecule has 19 heavy (non-hydrogen) atoms. The van der Waals surface area contributed by atoms with Crippen LogP contribution in [0.4, 0.5) is 0 Å². The van der Waals surface area contributed by atoms with E-state index < -0.39 is 0 Å². The molecule has 2 heterocycles. The number of amides is 2. The highest BCUT2D eigenvalue weighted by atomic mass is 35.5. The standard InChI is InChI=1S/C12H21N3O2S.ClH/c1-13-12(17)10-3-2-5-15(10)11(16)7-9-8-18-6-4-14-9;/h9-10,14H,2-8H2,1H3,(H,13,17);1H. The second-order valence-corrected chi connectivity index (χ2v) is 5.94. The molecule has 2 unspecified atom stereocenters. The fourth-order valence-electron chi connectivity index (χ4n) is 2.58. The number of halogens is 1.